The minimum Gasteiger partial charge on any atom is -0.663 e. The SMILES string of the molecule is CC(C)NC(NC(C)C)N(C(C)C)C(C)C.CC(C)NC(NC(C)C)N(C)C(C)C.CC(C)[N-]C([N-]C(C)C)N(C(C)C)C(C)C.CC(C)[N-]C([N-]C(C)C)N(C(C)C)C(C)C.CC(C)[N-]C([N-]C(C)C)N(C(C)C)C(C)C.CC(C)[N-]C([N-]C(C)C)N(C(C)C)C(C)C.[Ba+2].[Ba+2].[Ba+2].[Ba+2].[CH3-].[CH3-].[CH3-].[CH3-]. The van der Waals surface area contributed by atoms with Crippen molar-refractivity contribution in [2.45, 2.75) is 495 Å². The molecular formula is C80H186Ba4N18-4. The van der Waals surface area contributed by atoms with Crippen molar-refractivity contribution in [3.63, 3.8) is 0 Å². The van der Waals surface area contributed by atoms with Crippen LogP contribution >= 0.6 is 0 Å². The smallest absolute Gasteiger partial charge is 0.663 e. The maximum absolute atomic E-state index is 4.72. The van der Waals surface area contributed by atoms with Gasteiger partial charge in [-0.2, -0.15) is 25.2 Å². The third-order valence-corrected chi connectivity index (χ3v) is 14.0. The molecule has 0 aliphatic rings. The second kappa shape index (κ2) is 79.1. The van der Waals surface area contributed by atoms with E-state index in [-0.39, 0.29) is 263 Å². The maximum atomic E-state index is 4.72. The van der Waals surface area contributed by atoms with Crippen molar-refractivity contribution in [2.75, 3.05) is 7.05 Å². The van der Waals surface area contributed by atoms with Gasteiger partial charge in [0.1, 0.15) is 12.6 Å². The summed E-state index contributed by atoms with van der Waals surface area (Å²) in [5, 5.41) is 51.9. The molecule has 0 aliphatic carbocycles. The van der Waals surface area contributed by atoms with Crippen LogP contribution in [0.15, 0.2) is 0 Å². The Kier molecular flexibility index (Phi) is 108. The number of nitrogens with one attached hydrogen (secondary N) is 4. The zero-order valence-electron chi connectivity index (χ0n) is 78.8. The fourth-order valence-corrected chi connectivity index (χ4v) is 10.7. The molecule has 4 N–H and O–H groups in total. The van der Waals surface area contributed by atoms with E-state index >= 15 is 0 Å². The van der Waals surface area contributed by atoms with Crippen LogP contribution in [-0.4, -0.2) is 409 Å². The Morgan fingerprint density at radius 3 is 0.382 bits per heavy atom. The summed E-state index contributed by atoms with van der Waals surface area (Å²) in [7, 11) is 2.14. The molecule has 0 aliphatic heterocycles. The third-order valence-electron chi connectivity index (χ3n) is 14.0. The normalized spacial score (nSPS) is 12.1. The van der Waals surface area contributed by atoms with E-state index in [1.54, 1.807) is 0 Å². The molecule has 0 saturated heterocycles. The van der Waals surface area contributed by atoms with E-state index in [1.165, 1.54) is 0 Å². The van der Waals surface area contributed by atoms with Crippen LogP contribution in [-0.2, 0) is 0 Å². The molecule has 0 amide bonds. The molecular weight excluding hydrogens is 1760 g/mol. The summed E-state index contributed by atoms with van der Waals surface area (Å²) in [6.45, 7) is 99.9. The topological polar surface area (TPSA) is 180 Å². The molecule has 102 heavy (non-hydrogen) atoms. The van der Waals surface area contributed by atoms with Crippen molar-refractivity contribution in [1.82, 2.24) is 50.7 Å². The van der Waals surface area contributed by atoms with E-state index in [4.69, 9.17) is 42.5 Å². The monoisotopic (exact) mass is 1950 g/mol. The van der Waals surface area contributed by atoms with Crippen molar-refractivity contribution in [1.29, 1.82) is 0 Å². The number of hydrogen-bond acceptors (Lipinski definition) is 10. The summed E-state index contributed by atoms with van der Waals surface area (Å²) in [6, 6.07) is 9.90. The summed E-state index contributed by atoms with van der Waals surface area (Å²) in [5.41, 5.74) is 0. The summed E-state index contributed by atoms with van der Waals surface area (Å²) >= 11 is 0. The summed E-state index contributed by atoms with van der Waals surface area (Å²) in [5.74, 6) is 0. The van der Waals surface area contributed by atoms with Crippen LogP contribution in [0.1, 0.15) is 318 Å². The van der Waals surface area contributed by atoms with E-state index in [1.807, 2.05) is 0 Å². The largest absolute Gasteiger partial charge is 2.00 e. The first-order chi connectivity index (χ1) is 42.6. The van der Waals surface area contributed by atoms with Gasteiger partial charge >= 0.3 is 196 Å². The van der Waals surface area contributed by atoms with Crippen LogP contribution in [0.25, 0.3) is 42.5 Å². The number of nitrogens with zero attached hydrogens (tertiary/aromatic N) is 14. The van der Waals surface area contributed by atoms with Crippen LogP contribution in [0, 0.1) is 29.7 Å². The van der Waals surface area contributed by atoms with Crippen LogP contribution in [0.2, 0.25) is 0 Å². The Labute approximate surface area is 808 Å². The van der Waals surface area contributed by atoms with Crippen LogP contribution in [0.4, 0.5) is 0 Å². The Hall–Kier alpha value is 5.57. The van der Waals surface area contributed by atoms with Gasteiger partial charge in [-0.1, -0.05) is 111 Å². The average Bonchev–Trinajstić information content (AvgIpc) is 0.907. The van der Waals surface area contributed by atoms with E-state index in [2.05, 4.69) is 376 Å². The molecule has 0 radical (unpaired) electrons. The summed E-state index contributed by atoms with van der Waals surface area (Å²) in [4.78, 5) is 14.2. The van der Waals surface area contributed by atoms with Gasteiger partial charge in [0.05, 0.1) is 0 Å². The van der Waals surface area contributed by atoms with Gasteiger partial charge in [-0.05, 0) is 215 Å². The Morgan fingerprint density at radius 1 is 0.176 bits per heavy atom. The molecule has 0 aromatic rings. The number of rotatable bonds is 41. The van der Waals surface area contributed by atoms with Crippen LogP contribution in [0.5, 0.6) is 0 Å². The first-order valence-corrected chi connectivity index (χ1v) is 37.8. The van der Waals surface area contributed by atoms with Crippen molar-refractivity contribution in [3.05, 3.63) is 72.2 Å². The predicted molar refractivity (Wildman–Crippen MR) is 476 cm³/mol. The van der Waals surface area contributed by atoms with E-state index < -0.39 is 0 Å². The molecule has 0 unspecified atom stereocenters. The first kappa shape index (κ1) is 140. The molecule has 22 heteroatoms. The van der Waals surface area contributed by atoms with Crippen molar-refractivity contribution >= 4 is 196 Å². The van der Waals surface area contributed by atoms with Gasteiger partial charge in [0.25, 0.3) is 0 Å². The third kappa shape index (κ3) is 78.1. The maximum Gasteiger partial charge on any atom is 2.00 e. The molecule has 0 bridgehead atoms. The molecule has 608 valence electrons. The predicted octanol–water partition coefficient (Wildman–Crippen LogP) is 20.1. The minimum absolute atomic E-state index is 0. The number of hydrogen-bond donors (Lipinski definition) is 4. The first-order valence-electron chi connectivity index (χ1n) is 37.8. The van der Waals surface area contributed by atoms with Gasteiger partial charge in [-0.25, -0.2) is 0 Å². The van der Waals surface area contributed by atoms with Gasteiger partial charge in [0.2, 0.25) is 0 Å². The second-order valence-electron chi connectivity index (χ2n) is 32.4. The Balaban J connectivity index is -0.0000000748. The Bertz CT molecular complexity index is 1320. The van der Waals surface area contributed by atoms with Gasteiger partial charge in [-0.3, -0.25) is 31.1 Å². The van der Waals surface area contributed by atoms with E-state index in [9.17, 15) is 0 Å². The fraction of sp³-hybridized carbons (Fsp3) is 0.950. The van der Waals surface area contributed by atoms with Crippen molar-refractivity contribution in [3.8, 4) is 0 Å². The van der Waals surface area contributed by atoms with Gasteiger partial charge in [-0.15, -0.1) is 48.3 Å². The molecule has 0 fully saturated rings. The van der Waals surface area contributed by atoms with Crippen molar-refractivity contribution in [2.24, 2.45) is 0 Å². The second-order valence-corrected chi connectivity index (χ2v) is 32.4. The summed E-state index contributed by atoms with van der Waals surface area (Å²) < 4.78 is 0. The van der Waals surface area contributed by atoms with Crippen LogP contribution in [0.3, 0.4) is 0 Å². The molecule has 18 nitrogen and oxygen atoms in total. The van der Waals surface area contributed by atoms with Crippen LogP contribution < -0.4 is 21.3 Å². The molecule has 0 saturated carbocycles. The van der Waals surface area contributed by atoms with E-state index in [0.717, 1.165) is 0 Å². The zero-order valence-corrected chi connectivity index (χ0v) is 96.6. The zero-order chi connectivity index (χ0) is 75.7. The molecule has 0 aromatic carbocycles. The molecule has 0 atom stereocenters. The minimum atomic E-state index is -0.000000000000000444. The molecule has 0 heterocycles. The quantitative estimate of drug-likeness (QED) is 0.0261. The molecule has 0 aromatic heterocycles. The van der Waals surface area contributed by atoms with Crippen molar-refractivity contribution < 1.29 is 0 Å². The summed E-state index contributed by atoms with van der Waals surface area (Å²) in [6.07, 6.45) is 0.509. The molecule has 0 rings (SSSR count). The average molecular weight is 1950 g/mol. The van der Waals surface area contributed by atoms with Gasteiger partial charge in [0, 0.05) is 90.6 Å². The van der Waals surface area contributed by atoms with Gasteiger partial charge in [0.15, 0.2) is 0 Å². The fourth-order valence-electron chi connectivity index (χ4n) is 10.7. The molecule has 0 spiro atoms. The standard InChI is InChI=1S/C13H31N3.4C13H29N3.C11H27N3.4CH3.4Ba/c5*1-9(2)14-13(15-10(3)4)16(11(5)6)12(7)8;1-8(2)12-11(13-9(3)4)14(7)10(5)6;;;;;;;;/h9-15H,1-8H3;4*9-13H,1-8H3;8-13H,1-7H3;4*1H3;;;;/q;4*-2;;4*-1;4*+2. The van der Waals surface area contributed by atoms with Gasteiger partial charge < -0.3 is 91.8 Å². The Morgan fingerprint density at radius 2 is 0.294 bits per heavy atom. The van der Waals surface area contributed by atoms with E-state index in [0.29, 0.717) is 139 Å².